The lowest BCUT2D eigenvalue weighted by Crippen LogP contribution is -2.31. The second-order valence-corrected chi connectivity index (χ2v) is 8.68. The minimum Gasteiger partial charge on any atom is -0.477 e. The first-order chi connectivity index (χ1) is 15.8. The van der Waals surface area contributed by atoms with Gasteiger partial charge in [-0.2, -0.15) is 4.98 Å². The molecule has 172 valence electrons. The fraction of sp³-hybridized carbons (Fsp3) is 0.583. The number of hydrogen-bond donors (Lipinski definition) is 1. The van der Waals surface area contributed by atoms with Gasteiger partial charge in [0.25, 0.3) is 0 Å². The SMILES string of the molecule is O=c1nc(OCCC2COCCO2)cc2n1CCc1cc(NCC3CCOCC3)ccc1-2. The van der Waals surface area contributed by atoms with E-state index in [0.29, 0.717) is 51.2 Å². The smallest absolute Gasteiger partial charge is 0.351 e. The zero-order valence-corrected chi connectivity index (χ0v) is 18.4. The Kier molecular flexibility index (Phi) is 6.71. The molecular weight excluding hydrogens is 410 g/mol. The Hall–Kier alpha value is -2.42. The summed E-state index contributed by atoms with van der Waals surface area (Å²) < 4.78 is 24.1. The highest BCUT2D eigenvalue weighted by Crippen LogP contribution is 2.32. The third-order valence-corrected chi connectivity index (χ3v) is 6.48. The lowest BCUT2D eigenvalue weighted by atomic mass is 9.96. The van der Waals surface area contributed by atoms with Crippen molar-refractivity contribution in [3.05, 3.63) is 40.3 Å². The van der Waals surface area contributed by atoms with Crippen LogP contribution >= 0.6 is 0 Å². The van der Waals surface area contributed by atoms with Gasteiger partial charge in [-0.25, -0.2) is 4.79 Å². The van der Waals surface area contributed by atoms with Crippen molar-refractivity contribution in [3.8, 4) is 17.1 Å². The monoisotopic (exact) mass is 441 g/mol. The maximum absolute atomic E-state index is 12.6. The van der Waals surface area contributed by atoms with Gasteiger partial charge in [0.1, 0.15) is 0 Å². The third kappa shape index (κ3) is 4.98. The lowest BCUT2D eigenvalue weighted by Gasteiger charge is -2.25. The predicted octanol–water partition coefficient (Wildman–Crippen LogP) is 2.49. The molecule has 2 saturated heterocycles. The summed E-state index contributed by atoms with van der Waals surface area (Å²) in [6.45, 7) is 5.61. The van der Waals surface area contributed by atoms with Crippen LogP contribution in [-0.4, -0.2) is 61.8 Å². The van der Waals surface area contributed by atoms with Crippen LogP contribution in [0.2, 0.25) is 0 Å². The summed E-state index contributed by atoms with van der Waals surface area (Å²) in [6, 6.07) is 8.29. The Balaban J connectivity index is 1.27. The van der Waals surface area contributed by atoms with Crippen molar-refractivity contribution in [1.82, 2.24) is 9.55 Å². The number of aromatic nitrogens is 2. The van der Waals surface area contributed by atoms with Crippen LogP contribution in [0.25, 0.3) is 11.3 Å². The fourth-order valence-corrected chi connectivity index (χ4v) is 4.60. The molecule has 0 radical (unpaired) electrons. The second kappa shape index (κ2) is 10.0. The normalized spacial score (nSPS) is 20.9. The average molecular weight is 442 g/mol. The number of rotatable bonds is 7. The Labute approximate surface area is 187 Å². The minimum absolute atomic E-state index is 0.0373. The van der Waals surface area contributed by atoms with Crippen molar-refractivity contribution >= 4 is 5.69 Å². The summed E-state index contributed by atoms with van der Waals surface area (Å²) in [7, 11) is 0. The molecule has 1 N–H and O–H groups in total. The first-order valence-corrected chi connectivity index (χ1v) is 11.7. The van der Waals surface area contributed by atoms with Crippen molar-refractivity contribution in [2.75, 3.05) is 51.5 Å². The van der Waals surface area contributed by atoms with Crippen LogP contribution in [0.5, 0.6) is 5.88 Å². The first kappa shape index (κ1) is 21.4. The zero-order chi connectivity index (χ0) is 21.8. The van der Waals surface area contributed by atoms with Crippen LogP contribution in [-0.2, 0) is 27.2 Å². The van der Waals surface area contributed by atoms with Gasteiger partial charge < -0.3 is 24.3 Å². The quantitative estimate of drug-likeness (QED) is 0.707. The van der Waals surface area contributed by atoms with Crippen LogP contribution in [0.15, 0.2) is 29.1 Å². The van der Waals surface area contributed by atoms with Crippen LogP contribution < -0.4 is 15.7 Å². The molecule has 1 unspecified atom stereocenters. The molecule has 8 nitrogen and oxygen atoms in total. The van der Waals surface area contributed by atoms with Crippen LogP contribution in [0.3, 0.4) is 0 Å². The lowest BCUT2D eigenvalue weighted by molar-refractivity contribution is -0.0936. The Morgan fingerprint density at radius 3 is 2.88 bits per heavy atom. The molecule has 1 aromatic heterocycles. The van der Waals surface area contributed by atoms with E-state index in [1.807, 2.05) is 6.07 Å². The molecule has 3 aliphatic heterocycles. The molecule has 0 aliphatic carbocycles. The van der Waals surface area contributed by atoms with Gasteiger partial charge in [-0.3, -0.25) is 4.57 Å². The third-order valence-electron chi connectivity index (χ3n) is 6.48. The standard InChI is InChI=1S/C24H31N3O5/c28-24-26-23(32-10-6-20-16-30-11-12-31-20)14-22-21-2-1-19(13-18(21)3-7-27(22)24)25-15-17-4-8-29-9-5-17/h1-2,13-14,17,20,25H,3-12,15-16H2. The van der Waals surface area contributed by atoms with Crippen molar-refractivity contribution in [1.29, 1.82) is 0 Å². The van der Waals surface area contributed by atoms with E-state index in [0.717, 1.165) is 56.0 Å². The molecule has 4 heterocycles. The summed E-state index contributed by atoms with van der Waals surface area (Å²) in [5.41, 5.74) is 4.05. The molecule has 5 rings (SSSR count). The van der Waals surface area contributed by atoms with Crippen molar-refractivity contribution in [2.24, 2.45) is 5.92 Å². The summed E-state index contributed by atoms with van der Waals surface area (Å²) in [5.74, 6) is 1.03. The number of aryl methyl sites for hydroxylation is 1. The highest BCUT2D eigenvalue weighted by Gasteiger charge is 2.21. The second-order valence-electron chi connectivity index (χ2n) is 8.68. The molecule has 0 saturated carbocycles. The van der Waals surface area contributed by atoms with Gasteiger partial charge in [0.05, 0.1) is 38.2 Å². The number of ether oxygens (including phenoxy) is 4. The molecule has 2 aromatic rings. The van der Waals surface area contributed by atoms with Crippen LogP contribution in [0.4, 0.5) is 5.69 Å². The van der Waals surface area contributed by atoms with E-state index >= 15 is 0 Å². The minimum atomic E-state index is -0.262. The Morgan fingerprint density at radius 1 is 1.12 bits per heavy atom. The summed E-state index contributed by atoms with van der Waals surface area (Å²) >= 11 is 0. The molecular formula is C24H31N3O5. The van der Waals surface area contributed by atoms with Crippen LogP contribution in [0, 0.1) is 5.92 Å². The highest BCUT2D eigenvalue weighted by atomic mass is 16.6. The van der Waals surface area contributed by atoms with E-state index < -0.39 is 0 Å². The van der Waals surface area contributed by atoms with E-state index in [1.165, 1.54) is 5.56 Å². The zero-order valence-electron chi connectivity index (χ0n) is 18.4. The van der Waals surface area contributed by atoms with Crippen molar-refractivity contribution in [3.63, 3.8) is 0 Å². The maximum atomic E-state index is 12.6. The van der Waals surface area contributed by atoms with Gasteiger partial charge in [-0.05, 0) is 42.9 Å². The molecule has 1 aromatic carbocycles. The van der Waals surface area contributed by atoms with Gasteiger partial charge in [-0.1, -0.05) is 6.07 Å². The summed E-state index contributed by atoms with van der Waals surface area (Å²) in [4.78, 5) is 16.7. The largest absolute Gasteiger partial charge is 0.477 e. The van der Waals surface area contributed by atoms with Gasteiger partial charge in [0, 0.05) is 50.0 Å². The van der Waals surface area contributed by atoms with E-state index in [-0.39, 0.29) is 11.8 Å². The number of anilines is 1. The van der Waals surface area contributed by atoms with Gasteiger partial charge in [0.2, 0.25) is 5.88 Å². The topological polar surface area (TPSA) is 83.8 Å². The first-order valence-electron chi connectivity index (χ1n) is 11.7. The molecule has 0 spiro atoms. The van der Waals surface area contributed by atoms with Crippen molar-refractivity contribution < 1.29 is 18.9 Å². The molecule has 1 atom stereocenters. The van der Waals surface area contributed by atoms with Crippen molar-refractivity contribution in [2.45, 2.75) is 38.3 Å². The fourth-order valence-electron chi connectivity index (χ4n) is 4.60. The molecule has 32 heavy (non-hydrogen) atoms. The summed E-state index contributed by atoms with van der Waals surface area (Å²) in [5, 5.41) is 3.59. The maximum Gasteiger partial charge on any atom is 0.351 e. The molecule has 0 bridgehead atoms. The number of nitrogens with one attached hydrogen (secondary N) is 1. The molecule has 8 heteroatoms. The van der Waals surface area contributed by atoms with Gasteiger partial charge in [-0.15, -0.1) is 0 Å². The van der Waals surface area contributed by atoms with E-state index in [1.54, 1.807) is 4.57 Å². The van der Waals surface area contributed by atoms with Gasteiger partial charge >= 0.3 is 5.69 Å². The number of fused-ring (bicyclic) bond motifs is 3. The number of benzene rings is 1. The van der Waals surface area contributed by atoms with Crippen LogP contribution in [0.1, 0.15) is 24.8 Å². The highest BCUT2D eigenvalue weighted by molar-refractivity contribution is 5.69. The average Bonchev–Trinajstić information content (AvgIpc) is 2.84. The molecule has 2 fully saturated rings. The Morgan fingerprint density at radius 2 is 2.03 bits per heavy atom. The van der Waals surface area contributed by atoms with E-state index in [4.69, 9.17) is 18.9 Å². The summed E-state index contributed by atoms with van der Waals surface area (Å²) in [6.07, 6.45) is 3.79. The van der Waals surface area contributed by atoms with E-state index in [2.05, 4.69) is 28.5 Å². The molecule has 3 aliphatic rings. The molecule has 0 amide bonds. The Bertz CT molecular complexity index is 980. The predicted molar refractivity (Wildman–Crippen MR) is 120 cm³/mol. The van der Waals surface area contributed by atoms with Gasteiger partial charge in [0.15, 0.2) is 0 Å². The van der Waals surface area contributed by atoms with E-state index in [9.17, 15) is 4.79 Å². The number of hydrogen-bond acceptors (Lipinski definition) is 7. The number of nitrogens with zero attached hydrogens (tertiary/aromatic N) is 2.